The van der Waals surface area contributed by atoms with Crippen molar-refractivity contribution in [3.63, 3.8) is 0 Å². The molecule has 0 saturated carbocycles. The fraction of sp³-hybridized carbons (Fsp3) is 0.133. The second-order valence-electron chi connectivity index (χ2n) is 4.82. The Kier molecular flexibility index (Phi) is 8.32. The number of nitrogens with zero attached hydrogens (tertiary/aromatic N) is 1. The SMILES string of the molecule is BrB(Br)Br.Oc1ccc(-c2nc3cc(O)cc(C(Br)CBr)c3o2)cc1. The number of halogens is 5. The van der Waals surface area contributed by atoms with Crippen molar-refractivity contribution in [3.8, 4) is 23.0 Å². The summed E-state index contributed by atoms with van der Waals surface area (Å²) < 4.78 is 6.12. The molecule has 2 N–H and O–H groups in total. The summed E-state index contributed by atoms with van der Waals surface area (Å²) >= 11 is 16.3. The highest BCUT2D eigenvalue weighted by atomic mass is 79.9. The number of phenols is 2. The van der Waals surface area contributed by atoms with Gasteiger partial charge >= 0.3 is 3.18 Å². The monoisotopic (exact) mass is 659 g/mol. The molecular formula is C15H11BBr5NO3. The lowest BCUT2D eigenvalue weighted by atomic mass is 10.1. The molecular weight excluding hydrogens is 653 g/mol. The lowest BCUT2D eigenvalue weighted by molar-refractivity contribution is 0.474. The maximum absolute atomic E-state index is 9.82. The highest BCUT2D eigenvalue weighted by Gasteiger charge is 2.17. The van der Waals surface area contributed by atoms with E-state index in [-0.39, 0.29) is 19.5 Å². The zero-order chi connectivity index (χ0) is 18.6. The van der Waals surface area contributed by atoms with Crippen molar-refractivity contribution in [2.24, 2.45) is 0 Å². The Morgan fingerprint density at radius 2 is 1.64 bits per heavy atom. The predicted octanol–water partition coefficient (Wildman–Crippen LogP) is 6.89. The smallest absolute Gasteiger partial charge is 0.369 e. The first-order valence-corrected chi connectivity index (χ1v) is 11.6. The van der Waals surface area contributed by atoms with Crippen LogP contribution < -0.4 is 0 Å². The fourth-order valence-electron chi connectivity index (χ4n) is 2.09. The van der Waals surface area contributed by atoms with E-state index in [0.717, 1.165) is 11.1 Å². The highest BCUT2D eigenvalue weighted by molar-refractivity contribution is 9.69. The number of hydrogen-bond donors (Lipinski definition) is 2. The summed E-state index contributed by atoms with van der Waals surface area (Å²) in [6, 6.07) is 9.85. The molecule has 25 heavy (non-hydrogen) atoms. The van der Waals surface area contributed by atoms with Gasteiger partial charge in [-0.25, -0.2) is 4.98 Å². The minimum absolute atomic E-state index is 0.00715. The van der Waals surface area contributed by atoms with Gasteiger partial charge < -0.3 is 14.6 Å². The number of alkyl halides is 2. The largest absolute Gasteiger partial charge is 0.508 e. The normalized spacial score (nSPS) is 11.7. The fourth-order valence-corrected chi connectivity index (χ4v) is 2.78. The molecule has 0 saturated heterocycles. The van der Waals surface area contributed by atoms with E-state index in [0.29, 0.717) is 22.3 Å². The van der Waals surface area contributed by atoms with Crippen molar-refractivity contribution in [2.75, 3.05) is 5.33 Å². The highest BCUT2D eigenvalue weighted by Crippen LogP contribution is 2.36. The number of fused-ring (bicyclic) bond motifs is 1. The van der Waals surface area contributed by atoms with E-state index in [1.807, 2.05) is 0 Å². The first-order chi connectivity index (χ1) is 11.8. The van der Waals surface area contributed by atoms with E-state index in [9.17, 15) is 10.2 Å². The summed E-state index contributed by atoms with van der Waals surface area (Å²) in [5.41, 5.74) is 2.83. The predicted molar refractivity (Wildman–Crippen MR) is 121 cm³/mol. The first-order valence-electron chi connectivity index (χ1n) is 6.87. The second-order valence-corrected chi connectivity index (χ2v) is 13.0. The molecule has 0 aliphatic heterocycles. The Labute approximate surface area is 186 Å². The molecule has 3 aromatic rings. The molecule has 1 heterocycles. The Bertz CT molecular complexity index is 838. The van der Waals surface area contributed by atoms with Gasteiger partial charge in [0.2, 0.25) is 5.89 Å². The minimum Gasteiger partial charge on any atom is -0.508 e. The van der Waals surface area contributed by atoms with Crippen LogP contribution in [0.3, 0.4) is 0 Å². The van der Waals surface area contributed by atoms with Crippen LogP contribution in [0.25, 0.3) is 22.6 Å². The lowest BCUT2D eigenvalue weighted by Crippen LogP contribution is -1.91. The third-order valence-electron chi connectivity index (χ3n) is 3.09. The van der Waals surface area contributed by atoms with E-state index >= 15 is 0 Å². The van der Waals surface area contributed by atoms with Crippen LogP contribution in [0.1, 0.15) is 10.4 Å². The van der Waals surface area contributed by atoms with E-state index < -0.39 is 0 Å². The van der Waals surface area contributed by atoms with Crippen molar-refractivity contribution in [2.45, 2.75) is 4.83 Å². The molecule has 0 radical (unpaired) electrons. The van der Waals surface area contributed by atoms with E-state index in [2.05, 4.69) is 84.1 Å². The van der Waals surface area contributed by atoms with Crippen LogP contribution in [0.15, 0.2) is 40.8 Å². The van der Waals surface area contributed by atoms with Gasteiger partial charge in [-0.05, 0) is 30.3 Å². The van der Waals surface area contributed by atoms with Crippen LogP contribution in [-0.4, -0.2) is 23.7 Å². The molecule has 10 heteroatoms. The summed E-state index contributed by atoms with van der Waals surface area (Å²) in [5.74, 6) is 0.785. The van der Waals surface area contributed by atoms with Crippen molar-refractivity contribution in [3.05, 3.63) is 42.0 Å². The number of rotatable bonds is 3. The third-order valence-corrected chi connectivity index (χ3v) is 5.42. The second kappa shape index (κ2) is 9.78. The zero-order valence-electron chi connectivity index (χ0n) is 12.5. The first kappa shape index (κ1) is 21.3. The molecule has 0 amide bonds. The van der Waals surface area contributed by atoms with Crippen LogP contribution in [0.4, 0.5) is 0 Å². The molecule has 1 atom stereocenters. The molecule has 0 bridgehead atoms. The van der Waals surface area contributed by atoms with Crippen LogP contribution in [0.5, 0.6) is 11.5 Å². The zero-order valence-corrected chi connectivity index (χ0v) is 20.4. The van der Waals surface area contributed by atoms with Crippen LogP contribution in [0.2, 0.25) is 0 Å². The van der Waals surface area contributed by atoms with Gasteiger partial charge in [0, 0.05) is 22.5 Å². The van der Waals surface area contributed by atoms with Crippen molar-refractivity contribution >= 4 is 93.4 Å². The number of hydrogen-bond acceptors (Lipinski definition) is 4. The Morgan fingerprint density at radius 1 is 1.04 bits per heavy atom. The van der Waals surface area contributed by atoms with E-state index in [4.69, 9.17) is 4.42 Å². The van der Waals surface area contributed by atoms with Crippen molar-refractivity contribution in [1.82, 2.24) is 4.98 Å². The van der Waals surface area contributed by atoms with Gasteiger partial charge in [0.05, 0.1) is 4.83 Å². The summed E-state index contributed by atoms with van der Waals surface area (Å²) in [5, 5.41) is 19.8. The quantitative estimate of drug-likeness (QED) is 0.237. The topological polar surface area (TPSA) is 66.5 Å². The summed E-state index contributed by atoms with van der Waals surface area (Å²) in [6.07, 6.45) is 0. The maximum Gasteiger partial charge on any atom is 0.369 e. The number of phenolic OH excluding ortho intramolecular Hbond substituents is 2. The molecule has 2 aromatic carbocycles. The molecule has 3 rings (SSSR count). The average Bonchev–Trinajstić information content (AvgIpc) is 2.97. The number of aromatic nitrogens is 1. The summed E-state index contributed by atoms with van der Waals surface area (Å²) in [4.78, 5) is 4.41. The minimum atomic E-state index is 0.00715. The molecule has 0 aliphatic carbocycles. The molecule has 132 valence electrons. The Balaban J connectivity index is 0.000000511. The summed E-state index contributed by atoms with van der Waals surface area (Å²) in [7, 11) is 0. The Hall–Kier alpha value is -0.0251. The van der Waals surface area contributed by atoms with Crippen LogP contribution >= 0.6 is 79.1 Å². The van der Waals surface area contributed by atoms with Gasteiger partial charge in [-0.15, -0.1) is 47.3 Å². The molecule has 0 fully saturated rings. The standard InChI is InChI=1S/C15H11Br2NO3.BBr3/c16-7-12(17)11-5-10(20)6-13-14(11)21-15(18-13)8-1-3-9(19)4-2-8;2-1(3)4/h1-6,12,19-20H,7H2;. The van der Waals surface area contributed by atoms with Crippen molar-refractivity contribution in [1.29, 1.82) is 0 Å². The number of oxazole rings is 1. The lowest BCUT2D eigenvalue weighted by Gasteiger charge is -2.06. The molecule has 0 spiro atoms. The number of aromatic hydroxyl groups is 2. The van der Waals surface area contributed by atoms with Crippen LogP contribution in [0, 0.1) is 0 Å². The van der Waals surface area contributed by atoms with Gasteiger partial charge in [0.25, 0.3) is 0 Å². The van der Waals surface area contributed by atoms with Crippen LogP contribution in [-0.2, 0) is 0 Å². The van der Waals surface area contributed by atoms with Gasteiger partial charge in [-0.1, -0.05) is 31.9 Å². The van der Waals surface area contributed by atoms with Gasteiger partial charge in [-0.2, -0.15) is 0 Å². The summed E-state index contributed by atoms with van der Waals surface area (Å²) in [6.45, 7) is 0. The van der Waals surface area contributed by atoms with E-state index in [1.165, 1.54) is 0 Å². The molecule has 4 nitrogen and oxygen atoms in total. The Morgan fingerprint density at radius 3 is 2.20 bits per heavy atom. The van der Waals surface area contributed by atoms with Gasteiger partial charge in [0.1, 0.15) is 17.0 Å². The molecule has 1 unspecified atom stereocenters. The third kappa shape index (κ3) is 5.99. The van der Waals surface area contributed by atoms with Crippen molar-refractivity contribution < 1.29 is 14.6 Å². The average molecular weight is 664 g/mol. The van der Waals surface area contributed by atoms with Gasteiger partial charge in [0.15, 0.2) is 5.58 Å². The molecule has 1 aromatic heterocycles. The van der Waals surface area contributed by atoms with Gasteiger partial charge in [-0.3, -0.25) is 0 Å². The molecule has 0 aliphatic rings. The van der Waals surface area contributed by atoms with E-state index in [1.54, 1.807) is 36.4 Å². The maximum atomic E-state index is 9.82. The number of benzene rings is 2.